The number of rotatable bonds is 2. The van der Waals surface area contributed by atoms with Crippen molar-refractivity contribution < 1.29 is 0 Å². The van der Waals surface area contributed by atoms with Gasteiger partial charge in [-0.15, -0.1) is 11.3 Å². The predicted molar refractivity (Wildman–Crippen MR) is 116 cm³/mol. The van der Waals surface area contributed by atoms with Crippen molar-refractivity contribution in [2.75, 3.05) is 0 Å². The first-order chi connectivity index (χ1) is 12.8. The topological polar surface area (TPSA) is 0 Å². The first kappa shape index (κ1) is 15.4. The summed E-state index contributed by atoms with van der Waals surface area (Å²) < 4.78 is 2.45. The number of benzene rings is 4. The standard InChI is InChI=1S/C24H15BS/c25-22-15-19(17-9-5-2-6-10-17)14-21-20-13-18(16-7-3-1-4-8-16)11-12-23(20)26-24(21)22/h1-15H. The maximum Gasteiger partial charge on any atom is 0.115 e. The Morgan fingerprint density at radius 2 is 1.15 bits per heavy atom. The molecule has 0 amide bonds. The third kappa shape index (κ3) is 2.54. The summed E-state index contributed by atoms with van der Waals surface area (Å²) in [5.74, 6) is 0. The third-order valence-corrected chi connectivity index (χ3v) is 6.05. The molecule has 5 aromatic rings. The second-order valence-corrected chi connectivity index (χ2v) is 7.54. The molecule has 4 aromatic carbocycles. The van der Waals surface area contributed by atoms with Crippen molar-refractivity contribution in [1.29, 1.82) is 0 Å². The molecule has 0 aliphatic carbocycles. The van der Waals surface area contributed by atoms with Crippen LogP contribution in [0.1, 0.15) is 0 Å². The maximum absolute atomic E-state index is 6.42. The van der Waals surface area contributed by atoms with Crippen LogP contribution < -0.4 is 5.46 Å². The van der Waals surface area contributed by atoms with Gasteiger partial charge in [0.1, 0.15) is 7.85 Å². The van der Waals surface area contributed by atoms with Crippen molar-refractivity contribution >= 4 is 44.8 Å². The molecular weight excluding hydrogens is 331 g/mol. The van der Waals surface area contributed by atoms with E-state index in [4.69, 9.17) is 7.85 Å². The number of hydrogen-bond donors (Lipinski definition) is 0. The van der Waals surface area contributed by atoms with Crippen LogP contribution in [0.4, 0.5) is 0 Å². The van der Waals surface area contributed by atoms with Gasteiger partial charge in [0.2, 0.25) is 0 Å². The third-order valence-electron chi connectivity index (χ3n) is 4.81. The van der Waals surface area contributed by atoms with Crippen LogP contribution in [0.15, 0.2) is 91.0 Å². The van der Waals surface area contributed by atoms with E-state index in [9.17, 15) is 0 Å². The van der Waals surface area contributed by atoms with Gasteiger partial charge in [-0.2, -0.15) is 0 Å². The van der Waals surface area contributed by atoms with Crippen LogP contribution in [0.2, 0.25) is 0 Å². The zero-order valence-corrected chi connectivity index (χ0v) is 15.0. The highest BCUT2D eigenvalue weighted by molar-refractivity contribution is 7.26. The Bertz CT molecular complexity index is 1220. The lowest BCUT2D eigenvalue weighted by molar-refractivity contribution is 1.65. The summed E-state index contributed by atoms with van der Waals surface area (Å²) in [6.07, 6.45) is 0. The molecule has 0 fully saturated rings. The normalized spacial score (nSPS) is 11.2. The van der Waals surface area contributed by atoms with E-state index in [0.29, 0.717) is 0 Å². The summed E-state index contributed by atoms with van der Waals surface area (Å²) >= 11 is 1.77. The summed E-state index contributed by atoms with van der Waals surface area (Å²) in [5, 5.41) is 2.51. The molecule has 0 aliphatic rings. The van der Waals surface area contributed by atoms with E-state index in [0.717, 1.165) is 5.46 Å². The van der Waals surface area contributed by atoms with Crippen LogP contribution in [-0.4, -0.2) is 7.85 Å². The van der Waals surface area contributed by atoms with E-state index >= 15 is 0 Å². The fourth-order valence-corrected chi connectivity index (χ4v) is 4.60. The maximum atomic E-state index is 6.42. The highest BCUT2D eigenvalue weighted by atomic mass is 32.1. The minimum atomic E-state index is 0.851. The summed E-state index contributed by atoms with van der Waals surface area (Å²) in [5.41, 5.74) is 5.69. The average molecular weight is 346 g/mol. The van der Waals surface area contributed by atoms with Gasteiger partial charge in [0.05, 0.1) is 0 Å². The SMILES string of the molecule is [B]c1cc(-c2ccccc2)cc2c1sc1ccc(-c3ccccc3)cc12. The van der Waals surface area contributed by atoms with Gasteiger partial charge < -0.3 is 0 Å². The van der Waals surface area contributed by atoms with E-state index in [1.165, 1.54) is 42.4 Å². The molecule has 0 spiro atoms. The molecule has 0 bridgehead atoms. The summed E-state index contributed by atoms with van der Waals surface area (Å²) in [4.78, 5) is 0. The molecule has 1 aromatic heterocycles. The van der Waals surface area contributed by atoms with Crippen molar-refractivity contribution in [3.05, 3.63) is 91.0 Å². The minimum absolute atomic E-state index is 0.851. The van der Waals surface area contributed by atoms with E-state index in [2.05, 4.69) is 84.9 Å². The highest BCUT2D eigenvalue weighted by Crippen LogP contribution is 2.37. The van der Waals surface area contributed by atoms with Crippen molar-refractivity contribution in [3.63, 3.8) is 0 Å². The fourth-order valence-electron chi connectivity index (χ4n) is 3.51. The largest absolute Gasteiger partial charge is 0.136 e. The molecule has 0 unspecified atom stereocenters. The van der Waals surface area contributed by atoms with Gasteiger partial charge in [0.25, 0.3) is 0 Å². The van der Waals surface area contributed by atoms with Crippen molar-refractivity contribution in [2.45, 2.75) is 0 Å². The van der Waals surface area contributed by atoms with Crippen molar-refractivity contribution in [1.82, 2.24) is 0 Å². The molecule has 1 heterocycles. The first-order valence-electron chi connectivity index (χ1n) is 8.66. The smallest absolute Gasteiger partial charge is 0.115 e. The Morgan fingerprint density at radius 1 is 0.538 bits per heavy atom. The Labute approximate surface area is 158 Å². The fraction of sp³-hybridized carbons (Fsp3) is 0. The Balaban J connectivity index is 1.78. The van der Waals surface area contributed by atoms with Crippen LogP contribution in [-0.2, 0) is 0 Å². The zero-order chi connectivity index (χ0) is 17.5. The van der Waals surface area contributed by atoms with Gasteiger partial charge >= 0.3 is 0 Å². The van der Waals surface area contributed by atoms with E-state index in [-0.39, 0.29) is 0 Å². The molecule has 26 heavy (non-hydrogen) atoms. The second-order valence-electron chi connectivity index (χ2n) is 6.49. The van der Waals surface area contributed by atoms with E-state index < -0.39 is 0 Å². The molecule has 5 rings (SSSR count). The Morgan fingerprint density at radius 3 is 1.85 bits per heavy atom. The molecule has 0 nitrogen and oxygen atoms in total. The lowest BCUT2D eigenvalue weighted by atomic mass is 9.90. The molecule has 0 N–H and O–H groups in total. The molecule has 0 saturated carbocycles. The van der Waals surface area contributed by atoms with Gasteiger partial charge in [-0.3, -0.25) is 0 Å². The molecule has 0 saturated heterocycles. The van der Waals surface area contributed by atoms with E-state index in [1.54, 1.807) is 11.3 Å². The number of thiophene rings is 1. The van der Waals surface area contributed by atoms with Crippen LogP contribution in [0.5, 0.6) is 0 Å². The van der Waals surface area contributed by atoms with Crippen LogP contribution in [0.25, 0.3) is 42.4 Å². The number of fused-ring (bicyclic) bond motifs is 3. The van der Waals surface area contributed by atoms with Crippen molar-refractivity contribution in [2.24, 2.45) is 0 Å². The zero-order valence-electron chi connectivity index (χ0n) is 14.1. The van der Waals surface area contributed by atoms with E-state index in [1.807, 2.05) is 6.07 Å². The highest BCUT2D eigenvalue weighted by Gasteiger charge is 2.10. The quantitative estimate of drug-likeness (QED) is 0.335. The predicted octanol–water partition coefficient (Wildman–Crippen LogP) is 6.18. The van der Waals surface area contributed by atoms with Crippen LogP contribution in [0, 0.1) is 0 Å². The number of hydrogen-bond acceptors (Lipinski definition) is 1. The van der Waals surface area contributed by atoms with Gasteiger partial charge in [-0.25, -0.2) is 0 Å². The summed E-state index contributed by atoms with van der Waals surface area (Å²) in [6.45, 7) is 0. The molecule has 2 radical (unpaired) electrons. The first-order valence-corrected chi connectivity index (χ1v) is 9.48. The summed E-state index contributed by atoms with van der Waals surface area (Å²) in [6, 6.07) is 32.0. The molecular formula is C24H15BS. The lowest BCUT2D eigenvalue weighted by Gasteiger charge is -2.06. The second kappa shape index (κ2) is 6.15. The molecule has 2 heteroatoms. The van der Waals surface area contributed by atoms with Crippen LogP contribution in [0.3, 0.4) is 0 Å². The minimum Gasteiger partial charge on any atom is -0.136 e. The van der Waals surface area contributed by atoms with Gasteiger partial charge in [-0.1, -0.05) is 78.3 Å². The Kier molecular flexibility index (Phi) is 3.65. The van der Waals surface area contributed by atoms with Gasteiger partial charge in [-0.05, 0) is 40.5 Å². The molecule has 120 valence electrons. The average Bonchev–Trinajstić information content (AvgIpc) is 3.08. The van der Waals surface area contributed by atoms with Crippen molar-refractivity contribution in [3.8, 4) is 22.3 Å². The van der Waals surface area contributed by atoms with Crippen LogP contribution >= 0.6 is 11.3 Å². The summed E-state index contributed by atoms with van der Waals surface area (Å²) in [7, 11) is 6.42. The lowest BCUT2D eigenvalue weighted by Crippen LogP contribution is -2.02. The monoisotopic (exact) mass is 346 g/mol. The molecule has 0 aliphatic heterocycles. The molecule has 0 atom stereocenters. The Hall–Kier alpha value is -2.84. The van der Waals surface area contributed by atoms with Gasteiger partial charge in [0.15, 0.2) is 0 Å². The van der Waals surface area contributed by atoms with Gasteiger partial charge in [0, 0.05) is 20.2 Å².